The Morgan fingerprint density at radius 2 is 0.700 bits per heavy atom. The standard InChI is InChI=1S/C26H14N4/c1-3-9-17-15(7-1)16-8-2-4-10-18(16)24-23(17)29-25-19-11-5-13-27-21(19)22-20(26(25)30-24)12-6-14-28-22/h1-14H. The van der Waals surface area contributed by atoms with Gasteiger partial charge in [-0.1, -0.05) is 48.5 Å². The van der Waals surface area contributed by atoms with Crippen molar-refractivity contribution in [1.82, 2.24) is 19.9 Å². The van der Waals surface area contributed by atoms with Gasteiger partial charge in [-0.3, -0.25) is 9.97 Å². The number of hydrogen-bond donors (Lipinski definition) is 0. The average molecular weight is 382 g/mol. The van der Waals surface area contributed by atoms with E-state index in [1.807, 2.05) is 12.1 Å². The zero-order valence-corrected chi connectivity index (χ0v) is 15.9. The Balaban J connectivity index is 1.86. The number of hydrogen-bond acceptors (Lipinski definition) is 4. The Morgan fingerprint density at radius 3 is 1.17 bits per heavy atom. The summed E-state index contributed by atoms with van der Waals surface area (Å²) in [5, 5.41) is 6.57. The highest BCUT2D eigenvalue weighted by Crippen LogP contribution is 2.37. The highest BCUT2D eigenvalue weighted by atomic mass is 14.8. The van der Waals surface area contributed by atoms with Gasteiger partial charge in [0.25, 0.3) is 0 Å². The molecule has 7 aromatic rings. The molecule has 4 heteroatoms. The van der Waals surface area contributed by atoms with Gasteiger partial charge in [0.15, 0.2) is 0 Å². The van der Waals surface area contributed by atoms with Gasteiger partial charge in [-0.05, 0) is 35.0 Å². The first-order valence-corrected chi connectivity index (χ1v) is 9.92. The molecule has 4 aromatic carbocycles. The van der Waals surface area contributed by atoms with Crippen molar-refractivity contribution in [2.24, 2.45) is 0 Å². The molecule has 30 heavy (non-hydrogen) atoms. The molecule has 4 nitrogen and oxygen atoms in total. The predicted molar refractivity (Wildman–Crippen MR) is 123 cm³/mol. The van der Waals surface area contributed by atoms with Crippen molar-refractivity contribution in [3.05, 3.63) is 85.2 Å². The Kier molecular flexibility index (Phi) is 2.97. The number of aromatic nitrogens is 4. The van der Waals surface area contributed by atoms with Gasteiger partial charge in [-0.25, -0.2) is 9.97 Å². The minimum atomic E-state index is 0.861. The zero-order chi connectivity index (χ0) is 19.7. The summed E-state index contributed by atoms with van der Waals surface area (Å²) in [6.45, 7) is 0. The molecule has 0 aliphatic rings. The van der Waals surface area contributed by atoms with E-state index >= 15 is 0 Å². The third-order valence-electron chi connectivity index (χ3n) is 5.90. The summed E-state index contributed by atoms with van der Waals surface area (Å²) in [6.07, 6.45) is 3.61. The molecule has 0 unspecified atom stereocenters. The summed E-state index contributed by atoms with van der Waals surface area (Å²) in [5.41, 5.74) is 5.30. The zero-order valence-electron chi connectivity index (χ0n) is 15.9. The van der Waals surface area contributed by atoms with Crippen LogP contribution in [0.4, 0.5) is 0 Å². The second-order valence-corrected chi connectivity index (χ2v) is 7.51. The maximum Gasteiger partial charge on any atom is 0.0996 e. The molecule has 0 amide bonds. The fourth-order valence-corrected chi connectivity index (χ4v) is 4.61. The van der Waals surface area contributed by atoms with Crippen LogP contribution in [0.1, 0.15) is 0 Å². The lowest BCUT2D eigenvalue weighted by Crippen LogP contribution is -1.95. The van der Waals surface area contributed by atoms with E-state index in [1.54, 1.807) is 12.4 Å². The summed E-state index contributed by atoms with van der Waals surface area (Å²) in [5.74, 6) is 0. The van der Waals surface area contributed by atoms with Gasteiger partial charge < -0.3 is 0 Å². The van der Waals surface area contributed by atoms with Crippen LogP contribution in [-0.2, 0) is 0 Å². The van der Waals surface area contributed by atoms with E-state index in [4.69, 9.17) is 9.97 Å². The first kappa shape index (κ1) is 15.7. The molecule has 138 valence electrons. The van der Waals surface area contributed by atoms with E-state index < -0.39 is 0 Å². The molecular formula is C26H14N4. The summed E-state index contributed by atoms with van der Waals surface area (Å²) >= 11 is 0. The second-order valence-electron chi connectivity index (χ2n) is 7.51. The van der Waals surface area contributed by atoms with E-state index in [1.165, 1.54) is 10.8 Å². The fourth-order valence-electron chi connectivity index (χ4n) is 4.61. The minimum absolute atomic E-state index is 0.861. The molecule has 0 saturated heterocycles. The first-order valence-electron chi connectivity index (χ1n) is 9.92. The Hall–Kier alpha value is -4.18. The van der Waals surface area contributed by atoms with E-state index in [2.05, 4.69) is 70.6 Å². The van der Waals surface area contributed by atoms with E-state index in [-0.39, 0.29) is 0 Å². The van der Waals surface area contributed by atoms with Crippen LogP contribution in [0.3, 0.4) is 0 Å². The van der Waals surface area contributed by atoms with Crippen LogP contribution in [0, 0.1) is 0 Å². The predicted octanol–water partition coefficient (Wildman–Crippen LogP) is 6.19. The van der Waals surface area contributed by atoms with Gasteiger partial charge in [0.2, 0.25) is 0 Å². The van der Waals surface area contributed by atoms with Gasteiger partial charge >= 0.3 is 0 Å². The molecule has 0 aliphatic carbocycles. The normalized spacial score (nSPS) is 12.0. The van der Waals surface area contributed by atoms with Crippen molar-refractivity contribution in [2.45, 2.75) is 0 Å². The third-order valence-corrected chi connectivity index (χ3v) is 5.90. The van der Waals surface area contributed by atoms with Crippen molar-refractivity contribution in [2.75, 3.05) is 0 Å². The van der Waals surface area contributed by atoms with Crippen LogP contribution in [0.2, 0.25) is 0 Å². The van der Waals surface area contributed by atoms with Crippen LogP contribution in [0.25, 0.3) is 65.4 Å². The number of rotatable bonds is 0. The number of pyridine rings is 2. The van der Waals surface area contributed by atoms with Gasteiger partial charge in [0, 0.05) is 33.9 Å². The molecule has 0 spiro atoms. The molecule has 0 radical (unpaired) electrons. The highest BCUT2D eigenvalue weighted by molar-refractivity contribution is 6.27. The van der Waals surface area contributed by atoms with Gasteiger partial charge in [-0.15, -0.1) is 0 Å². The molecule has 7 rings (SSSR count). The van der Waals surface area contributed by atoms with E-state index in [9.17, 15) is 0 Å². The van der Waals surface area contributed by atoms with Crippen LogP contribution < -0.4 is 0 Å². The Labute approximate surface area is 170 Å². The van der Waals surface area contributed by atoms with Crippen LogP contribution >= 0.6 is 0 Å². The third kappa shape index (κ3) is 1.95. The quantitative estimate of drug-likeness (QED) is 0.232. The largest absolute Gasteiger partial charge is 0.254 e. The first-order chi connectivity index (χ1) is 14.9. The van der Waals surface area contributed by atoms with E-state index in [0.29, 0.717) is 0 Å². The van der Waals surface area contributed by atoms with Crippen molar-refractivity contribution in [3.8, 4) is 0 Å². The minimum Gasteiger partial charge on any atom is -0.254 e. The molecule has 0 saturated carbocycles. The van der Waals surface area contributed by atoms with E-state index in [0.717, 1.165) is 54.6 Å². The van der Waals surface area contributed by atoms with Gasteiger partial charge in [-0.2, -0.15) is 0 Å². The van der Waals surface area contributed by atoms with Crippen molar-refractivity contribution in [3.63, 3.8) is 0 Å². The molecular weight excluding hydrogens is 368 g/mol. The summed E-state index contributed by atoms with van der Waals surface area (Å²) in [4.78, 5) is 19.7. The van der Waals surface area contributed by atoms with Crippen molar-refractivity contribution >= 4 is 65.4 Å². The molecule has 3 aromatic heterocycles. The van der Waals surface area contributed by atoms with Crippen LogP contribution in [0.15, 0.2) is 85.2 Å². The monoisotopic (exact) mass is 382 g/mol. The maximum absolute atomic E-state index is 5.20. The SMILES string of the molecule is c1ccc2c(c1)c1ccccc1c1nc3c4cccnc4c4ncccc4c3nc21. The number of fused-ring (bicyclic) bond motifs is 12. The summed E-state index contributed by atoms with van der Waals surface area (Å²) < 4.78 is 0. The lowest BCUT2D eigenvalue weighted by Gasteiger charge is -2.12. The van der Waals surface area contributed by atoms with Gasteiger partial charge in [0.05, 0.1) is 33.1 Å². The average Bonchev–Trinajstić information content (AvgIpc) is 2.83. The molecule has 3 heterocycles. The molecule has 0 N–H and O–H groups in total. The van der Waals surface area contributed by atoms with Crippen LogP contribution in [-0.4, -0.2) is 19.9 Å². The molecule has 0 bridgehead atoms. The summed E-state index contributed by atoms with van der Waals surface area (Å²) in [7, 11) is 0. The molecule has 0 atom stereocenters. The van der Waals surface area contributed by atoms with Crippen molar-refractivity contribution in [1.29, 1.82) is 0 Å². The summed E-state index contributed by atoms with van der Waals surface area (Å²) in [6, 6.07) is 24.9. The topological polar surface area (TPSA) is 51.6 Å². The second kappa shape index (κ2) is 5.67. The Bertz CT molecular complexity index is 1540. The smallest absolute Gasteiger partial charge is 0.0996 e. The molecule has 0 aliphatic heterocycles. The van der Waals surface area contributed by atoms with Gasteiger partial charge in [0.1, 0.15) is 0 Å². The molecule has 0 fully saturated rings. The lowest BCUT2D eigenvalue weighted by molar-refractivity contribution is 1.36. The Morgan fingerprint density at radius 1 is 0.333 bits per heavy atom. The highest BCUT2D eigenvalue weighted by Gasteiger charge is 2.16. The fraction of sp³-hybridized carbons (Fsp3) is 0. The van der Waals surface area contributed by atoms with Crippen LogP contribution in [0.5, 0.6) is 0 Å². The number of nitrogens with zero attached hydrogens (tertiary/aromatic N) is 4. The number of benzene rings is 4. The lowest BCUT2D eigenvalue weighted by atomic mass is 9.99. The van der Waals surface area contributed by atoms with Crippen molar-refractivity contribution < 1.29 is 0 Å². The maximum atomic E-state index is 5.20.